The first-order chi connectivity index (χ1) is 16.2. The first-order valence-corrected chi connectivity index (χ1v) is 10.4. The van der Waals surface area contributed by atoms with Crippen LogP contribution in [0.25, 0.3) is 11.1 Å². The highest BCUT2D eigenvalue weighted by Crippen LogP contribution is 2.36. The van der Waals surface area contributed by atoms with E-state index >= 15 is 0 Å². The van der Waals surface area contributed by atoms with Crippen molar-refractivity contribution in [3.05, 3.63) is 83.9 Å². The lowest BCUT2D eigenvalue weighted by atomic mass is 9.91. The number of benzene rings is 3. The molecule has 3 aromatic carbocycles. The van der Waals surface area contributed by atoms with Crippen LogP contribution < -0.4 is 9.47 Å². The highest BCUT2D eigenvalue weighted by atomic mass is 19.4. The topological polar surface area (TPSA) is 74.2 Å². The maximum atomic E-state index is 12.7. The van der Waals surface area contributed by atoms with E-state index in [1.165, 1.54) is 12.1 Å². The second kappa shape index (κ2) is 9.74. The molecule has 178 valence electrons. The third-order valence-corrected chi connectivity index (χ3v) is 5.28. The van der Waals surface area contributed by atoms with Gasteiger partial charge in [-0.05, 0) is 41.0 Å². The lowest BCUT2D eigenvalue weighted by Gasteiger charge is -2.41. The van der Waals surface area contributed by atoms with E-state index in [1.54, 1.807) is 54.6 Å². The summed E-state index contributed by atoms with van der Waals surface area (Å²) < 4.78 is 59.0. The van der Waals surface area contributed by atoms with E-state index in [2.05, 4.69) is 4.74 Å². The Labute approximate surface area is 193 Å². The maximum Gasteiger partial charge on any atom is 0.573 e. The van der Waals surface area contributed by atoms with Gasteiger partial charge in [0.25, 0.3) is 0 Å². The number of aliphatic carboxylic acids is 1. The van der Waals surface area contributed by atoms with Crippen LogP contribution in [0.3, 0.4) is 0 Å². The second-order valence-electron chi connectivity index (χ2n) is 7.73. The molecular weight excluding hydrogens is 453 g/mol. The predicted molar refractivity (Wildman–Crippen MR) is 115 cm³/mol. The van der Waals surface area contributed by atoms with Gasteiger partial charge in [-0.2, -0.15) is 0 Å². The number of para-hydroxylation sites is 1. The largest absolute Gasteiger partial charge is 0.573 e. The van der Waals surface area contributed by atoms with Crippen molar-refractivity contribution in [1.82, 2.24) is 0 Å². The van der Waals surface area contributed by atoms with Crippen molar-refractivity contribution in [2.24, 2.45) is 0 Å². The summed E-state index contributed by atoms with van der Waals surface area (Å²) in [5.74, 6) is -0.757. The van der Waals surface area contributed by atoms with Gasteiger partial charge >= 0.3 is 12.3 Å². The standard InChI is InChI=1S/C25H21F3O6/c26-25(27,28)34-22-7-2-1-6-21(22)18-5-3-4-17(12-18)13-32-20-10-8-19(9-11-20)24(15-31-16-24)33-14-23(29)30/h1-12H,13-16H2,(H,29,30). The number of carbonyl (C=O) groups is 1. The minimum atomic E-state index is -4.79. The van der Waals surface area contributed by atoms with Crippen LogP contribution in [0.1, 0.15) is 11.1 Å². The molecule has 0 aromatic heterocycles. The molecule has 4 rings (SSSR count). The highest BCUT2D eigenvalue weighted by molar-refractivity contribution is 5.71. The fourth-order valence-corrected chi connectivity index (χ4v) is 3.59. The first-order valence-electron chi connectivity index (χ1n) is 10.4. The number of alkyl halides is 3. The quantitative estimate of drug-likeness (QED) is 0.462. The van der Waals surface area contributed by atoms with Crippen molar-refractivity contribution in [2.75, 3.05) is 19.8 Å². The fraction of sp³-hybridized carbons (Fsp3) is 0.240. The Morgan fingerprint density at radius 3 is 2.38 bits per heavy atom. The van der Waals surface area contributed by atoms with Crippen LogP contribution in [0, 0.1) is 0 Å². The first kappa shape index (κ1) is 23.6. The summed E-state index contributed by atoms with van der Waals surface area (Å²) in [5, 5.41) is 8.88. The Kier molecular flexibility index (Phi) is 6.76. The van der Waals surface area contributed by atoms with Crippen LogP contribution in [0.4, 0.5) is 13.2 Å². The normalized spacial score (nSPS) is 14.8. The number of halogens is 3. The Morgan fingerprint density at radius 2 is 1.74 bits per heavy atom. The molecule has 0 radical (unpaired) electrons. The van der Waals surface area contributed by atoms with Crippen molar-refractivity contribution in [1.29, 1.82) is 0 Å². The lowest BCUT2D eigenvalue weighted by molar-refractivity contribution is -0.274. The number of rotatable bonds is 9. The molecule has 0 aliphatic carbocycles. The molecule has 1 fully saturated rings. The number of carboxylic acid groups (broad SMARTS) is 1. The Hall–Kier alpha value is -3.56. The average Bonchev–Trinajstić information content (AvgIpc) is 2.77. The summed E-state index contributed by atoms with van der Waals surface area (Å²) in [4.78, 5) is 10.8. The lowest BCUT2D eigenvalue weighted by Crippen LogP contribution is -2.49. The van der Waals surface area contributed by atoms with Crippen LogP contribution in [-0.2, 0) is 26.5 Å². The molecule has 0 spiro atoms. The molecule has 9 heteroatoms. The summed E-state index contributed by atoms with van der Waals surface area (Å²) >= 11 is 0. The summed E-state index contributed by atoms with van der Waals surface area (Å²) in [6.45, 7) is 0.313. The molecule has 0 atom stereocenters. The highest BCUT2D eigenvalue weighted by Gasteiger charge is 2.42. The van der Waals surface area contributed by atoms with Gasteiger partial charge in [-0.15, -0.1) is 13.2 Å². The van der Waals surface area contributed by atoms with E-state index in [-0.39, 0.29) is 25.6 Å². The van der Waals surface area contributed by atoms with Crippen LogP contribution in [0.5, 0.6) is 11.5 Å². The number of hydrogen-bond acceptors (Lipinski definition) is 5. The minimum Gasteiger partial charge on any atom is -0.489 e. The van der Waals surface area contributed by atoms with E-state index in [9.17, 15) is 18.0 Å². The zero-order valence-corrected chi connectivity index (χ0v) is 17.9. The third kappa shape index (κ3) is 5.67. The predicted octanol–water partition coefficient (Wildman–Crippen LogP) is 5.16. The molecule has 1 saturated heterocycles. The van der Waals surface area contributed by atoms with E-state index in [0.717, 1.165) is 11.1 Å². The Morgan fingerprint density at radius 1 is 1.00 bits per heavy atom. The van der Waals surface area contributed by atoms with Gasteiger partial charge in [0.1, 0.15) is 30.3 Å². The van der Waals surface area contributed by atoms with Gasteiger partial charge in [-0.25, -0.2) is 4.79 Å². The summed E-state index contributed by atoms with van der Waals surface area (Å²) in [6.07, 6.45) is -4.79. The van der Waals surface area contributed by atoms with Gasteiger partial charge in [0.2, 0.25) is 0 Å². The monoisotopic (exact) mass is 474 g/mol. The average molecular weight is 474 g/mol. The minimum absolute atomic E-state index is 0.194. The van der Waals surface area contributed by atoms with Gasteiger partial charge in [-0.1, -0.05) is 48.5 Å². The molecule has 1 N–H and O–H groups in total. The molecule has 0 unspecified atom stereocenters. The van der Waals surface area contributed by atoms with Gasteiger partial charge < -0.3 is 24.1 Å². The molecule has 0 bridgehead atoms. The zero-order valence-electron chi connectivity index (χ0n) is 17.9. The van der Waals surface area contributed by atoms with E-state index in [0.29, 0.717) is 16.9 Å². The van der Waals surface area contributed by atoms with E-state index in [4.69, 9.17) is 19.3 Å². The molecule has 0 saturated carbocycles. The zero-order chi connectivity index (χ0) is 24.2. The Balaban J connectivity index is 1.44. The molecule has 34 heavy (non-hydrogen) atoms. The second-order valence-corrected chi connectivity index (χ2v) is 7.73. The van der Waals surface area contributed by atoms with Gasteiger partial charge in [-0.3, -0.25) is 0 Å². The van der Waals surface area contributed by atoms with Gasteiger partial charge in [0.05, 0.1) is 13.2 Å². The number of ether oxygens (including phenoxy) is 4. The van der Waals surface area contributed by atoms with Crippen LogP contribution in [0.15, 0.2) is 72.8 Å². The number of hydrogen-bond donors (Lipinski definition) is 1. The van der Waals surface area contributed by atoms with Crippen molar-refractivity contribution in [3.8, 4) is 22.6 Å². The van der Waals surface area contributed by atoms with Gasteiger partial charge in [0, 0.05) is 5.56 Å². The van der Waals surface area contributed by atoms with Crippen LogP contribution in [0.2, 0.25) is 0 Å². The SMILES string of the molecule is O=C(O)COC1(c2ccc(OCc3cccc(-c4ccccc4OC(F)(F)F)c3)cc2)COC1. The molecule has 1 aliphatic heterocycles. The molecule has 3 aromatic rings. The smallest absolute Gasteiger partial charge is 0.489 e. The van der Waals surface area contributed by atoms with Crippen LogP contribution >= 0.6 is 0 Å². The maximum absolute atomic E-state index is 12.7. The molecule has 1 aliphatic rings. The molecule has 1 heterocycles. The van der Waals surface area contributed by atoms with Crippen molar-refractivity contribution in [2.45, 2.75) is 18.6 Å². The van der Waals surface area contributed by atoms with Crippen molar-refractivity contribution < 1.29 is 42.0 Å². The molecule has 0 amide bonds. The Bertz CT molecular complexity index is 1140. The molecular formula is C25H21F3O6. The van der Waals surface area contributed by atoms with Crippen molar-refractivity contribution in [3.63, 3.8) is 0 Å². The fourth-order valence-electron chi connectivity index (χ4n) is 3.59. The van der Waals surface area contributed by atoms with E-state index < -0.39 is 24.5 Å². The summed E-state index contributed by atoms with van der Waals surface area (Å²) in [7, 11) is 0. The third-order valence-electron chi connectivity index (χ3n) is 5.28. The van der Waals surface area contributed by atoms with Crippen LogP contribution in [-0.4, -0.2) is 37.3 Å². The summed E-state index contributed by atoms with van der Waals surface area (Å²) in [5.41, 5.74) is 1.66. The van der Waals surface area contributed by atoms with E-state index in [1.807, 2.05) is 6.07 Å². The number of carboxylic acids is 1. The summed E-state index contributed by atoms with van der Waals surface area (Å²) in [6, 6.07) is 20.0. The van der Waals surface area contributed by atoms with Gasteiger partial charge in [0.15, 0.2) is 0 Å². The molecule has 6 nitrogen and oxygen atoms in total. The van der Waals surface area contributed by atoms with Crippen molar-refractivity contribution >= 4 is 5.97 Å².